The van der Waals surface area contributed by atoms with Gasteiger partial charge in [-0.3, -0.25) is 4.79 Å². The molecule has 4 heteroatoms. The van der Waals surface area contributed by atoms with Gasteiger partial charge in [0.15, 0.2) is 0 Å². The van der Waals surface area contributed by atoms with Crippen LogP contribution in [0.25, 0.3) is 0 Å². The standard InChI is InChI=1S/C9H16N2O2/c1-3-4-9(2,10)7(12)8-11-5-6-13-8/h3-6,10H2,1-2H3/t9-/m0/s1. The smallest absolute Gasteiger partial charge is 0.255 e. The van der Waals surface area contributed by atoms with Crippen molar-refractivity contribution in [3.05, 3.63) is 0 Å². The molecule has 0 radical (unpaired) electrons. The zero-order valence-corrected chi connectivity index (χ0v) is 8.17. The molecule has 1 heterocycles. The van der Waals surface area contributed by atoms with E-state index < -0.39 is 5.54 Å². The van der Waals surface area contributed by atoms with Gasteiger partial charge < -0.3 is 10.5 Å². The van der Waals surface area contributed by atoms with Crippen LogP contribution < -0.4 is 5.73 Å². The van der Waals surface area contributed by atoms with Crippen LogP contribution in [0.15, 0.2) is 4.99 Å². The van der Waals surface area contributed by atoms with Gasteiger partial charge in [0.1, 0.15) is 6.61 Å². The molecule has 0 aromatic rings. The van der Waals surface area contributed by atoms with Gasteiger partial charge in [0.05, 0.1) is 12.1 Å². The maximum absolute atomic E-state index is 11.7. The third-order valence-corrected chi connectivity index (χ3v) is 2.07. The number of Topliss-reactive ketones (excluding diaryl/α,β-unsaturated/α-hetero) is 1. The Labute approximate surface area is 78.2 Å². The minimum atomic E-state index is -0.822. The van der Waals surface area contributed by atoms with Crippen molar-refractivity contribution in [2.75, 3.05) is 13.2 Å². The van der Waals surface area contributed by atoms with Crippen molar-refractivity contribution in [3.8, 4) is 0 Å². The molecule has 0 saturated heterocycles. The number of ketones is 1. The van der Waals surface area contributed by atoms with Crippen molar-refractivity contribution in [2.45, 2.75) is 32.2 Å². The van der Waals surface area contributed by atoms with Gasteiger partial charge in [-0.05, 0) is 13.3 Å². The van der Waals surface area contributed by atoms with Crippen LogP contribution in [-0.4, -0.2) is 30.4 Å². The van der Waals surface area contributed by atoms with E-state index in [1.807, 2.05) is 6.92 Å². The number of nitrogens with two attached hydrogens (primary N) is 1. The summed E-state index contributed by atoms with van der Waals surface area (Å²) in [6, 6.07) is 0. The lowest BCUT2D eigenvalue weighted by Crippen LogP contribution is -2.48. The fourth-order valence-electron chi connectivity index (χ4n) is 1.35. The van der Waals surface area contributed by atoms with Crippen LogP contribution in [0.5, 0.6) is 0 Å². The molecule has 4 nitrogen and oxygen atoms in total. The van der Waals surface area contributed by atoms with E-state index in [4.69, 9.17) is 10.5 Å². The van der Waals surface area contributed by atoms with E-state index in [9.17, 15) is 4.79 Å². The zero-order chi connectivity index (χ0) is 9.90. The van der Waals surface area contributed by atoms with Gasteiger partial charge in [0.25, 0.3) is 5.90 Å². The van der Waals surface area contributed by atoms with Crippen LogP contribution in [0.2, 0.25) is 0 Å². The molecule has 2 N–H and O–H groups in total. The Morgan fingerprint density at radius 2 is 2.46 bits per heavy atom. The highest BCUT2D eigenvalue weighted by Crippen LogP contribution is 2.12. The molecule has 13 heavy (non-hydrogen) atoms. The average Bonchev–Trinajstić information content (AvgIpc) is 2.54. The molecule has 0 aliphatic carbocycles. The molecule has 0 spiro atoms. The number of carbonyl (C=O) groups excluding carboxylic acids is 1. The quantitative estimate of drug-likeness (QED) is 0.692. The van der Waals surface area contributed by atoms with E-state index >= 15 is 0 Å². The first-order chi connectivity index (χ1) is 6.08. The minimum absolute atomic E-state index is 0.174. The Bertz CT molecular complexity index is 234. The second-order valence-corrected chi connectivity index (χ2v) is 3.53. The van der Waals surface area contributed by atoms with Crippen molar-refractivity contribution in [1.29, 1.82) is 0 Å². The summed E-state index contributed by atoms with van der Waals surface area (Å²) < 4.78 is 5.07. The zero-order valence-electron chi connectivity index (χ0n) is 8.17. The number of carbonyl (C=O) groups is 1. The van der Waals surface area contributed by atoms with E-state index in [0.29, 0.717) is 19.6 Å². The first-order valence-electron chi connectivity index (χ1n) is 4.59. The van der Waals surface area contributed by atoms with Crippen LogP contribution in [0.3, 0.4) is 0 Å². The Kier molecular flexibility index (Phi) is 3.03. The molecule has 1 rings (SSSR count). The van der Waals surface area contributed by atoms with Gasteiger partial charge >= 0.3 is 0 Å². The second-order valence-electron chi connectivity index (χ2n) is 3.53. The van der Waals surface area contributed by atoms with E-state index in [2.05, 4.69) is 4.99 Å². The molecule has 0 fully saturated rings. The number of aliphatic imine (C=N–C) groups is 1. The lowest BCUT2D eigenvalue weighted by atomic mass is 9.92. The van der Waals surface area contributed by atoms with Gasteiger partial charge in [-0.1, -0.05) is 13.3 Å². The third kappa shape index (κ3) is 2.28. The summed E-state index contributed by atoms with van der Waals surface area (Å²) in [7, 11) is 0. The van der Waals surface area contributed by atoms with Gasteiger partial charge in [0, 0.05) is 0 Å². The highest BCUT2D eigenvalue weighted by Gasteiger charge is 2.33. The largest absolute Gasteiger partial charge is 0.473 e. The molecular weight excluding hydrogens is 168 g/mol. The summed E-state index contributed by atoms with van der Waals surface area (Å²) >= 11 is 0. The van der Waals surface area contributed by atoms with E-state index in [1.54, 1.807) is 6.92 Å². The van der Waals surface area contributed by atoms with Gasteiger partial charge in [-0.25, -0.2) is 4.99 Å². The number of rotatable bonds is 4. The molecule has 0 aromatic heterocycles. The molecule has 0 aromatic carbocycles. The molecule has 1 atom stereocenters. The predicted molar refractivity (Wildman–Crippen MR) is 50.8 cm³/mol. The molecular formula is C9H16N2O2. The maximum atomic E-state index is 11.7. The summed E-state index contributed by atoms with van der Waals surface area (Å²) in [6.07, 6.45) is 1.54. The van der Waals surface area contributed by atoms with Crippen LogP contribution in [0.4, 0.5) is 0 Å². The number of hydrogen-bond acceptors (Lipinski definition) is 4. The number of ether oxygens (including phenoxy) is 1. The van der Waals surface area contributed by atoms with E-state index in [1.165, 1.54) is 0 Å². The summed E-state index contributed by atoms with van der Waals surface area (Å²) in [4.78, 5) is 15.6. The first-order valence-corrected chi connectivity index (χ1v) is 4.59. The third-order valence-electron chi connectivity index (χ3n) is 2.07. The molecule has 0 amide bonds. The van der Waals surface area contributed by atoms with E-state index in [-0.39, 0.29) is 11.7 Å². The van der Waals surface area contributed by atoms with Gasteiger partial charge in [-0.15, -0.1) is 0 Å². The predicted octanol–water partition coefficient (Wildman–Crippen LogP) is 0.502. The van der Waals surface area contributed by atoms with Gasteiger partial charge in [0.2, 0.25) is 5.78 Å². The lowest BCUT2D eigenvalue weighted by molar-refractivity contribution is -0.118. The number of nitrogens with zero attached hydrogens (tertiary/aromatic N) is 1. The average molecular weight is 184 g/mol. The van der Waals surface area contributed by atoms with Crippen molar-refractivity contribution in [3.63, 3.8) is 0 Å². The maximum Gasteiger partial charge on any atom is 0.255 e. The fourth-order valence-corrected chi connectivity index (χ4v) is 1.35. The molecule has 0 unspecified atom stereocenters. The Hall–Kier alpha value is -0.900. The van der Waals surface area contributed by atoms with Gasteiger partial charge in [-0.2, -0.15) is 0 Å². The molecule has 0 saturated carbocycles. The lowest BCUT2D eigenvalue weighted by Gasteiger charge is -2.21. The molecule has 74 valence electrons. The topological polar surface area (TPSA) is 64.7 Å². The highest BCUT2D eigenvalue weighted by molar-refractivity contribution is 6.39. The summed E-state index contributed by atoms with van der Waals surface area (Å²) in [5.41, 5.74) is 5.02. The van der Waals surface area contributed by atoms with Crippen molar-refractivity contribution in [1.82, 2.24) is 0 Å². The van der Waals surface area contributed by atoms with Crippen LogP contribution in [0, 0.1) is 0 Å². The van der Waals surface area contributed by atoms with Crippen molar-refractivity contribution in [2.24, 2.45) is 10.7 Å². The number of hydrogen-bond donors (Lipinski definition) is 1. The summed E-state index contributed by atoms with van der Waals surface area (Å²) in [6.45, 7) is 4.80. The summed E-state index contributed by atoms with van der Waals surface area (Å²) in [5, 5.41) is 0. The molecule has 0 bridgehead atoms. The van der Waals surface area contributed by atoms with Crippen LogP contribution in [0.1, 0.15) is 26.7 Å². The second kappa shape index (κ2) is 3.87. The monoisotopic (exact) mass is 184 g/mol. The Morgan fingerprint density at radius 3 is 2.92 bits per heavy atom. The van der Waals surface area contributed by atoms with E-state index in [0.717, 1.165) is 6.42 Å². The minimum Gasteiger partial charge on any atom is -0.473 e. The Balaban J connectivity index is 2.65. The molecule has 1 aliphatic rings. The first kappa shape index (κ1) is 10.2. The highest BCUT2D eigenvalue weighted by atomic mass is 16.5. The van der Waals surface area contributed by atoms with Crippen molar-refractivity contribution < 1.29 is 9.53 Å². The van der Waals surface area contributed by atoms with Crippen LogP contribution in [-0.2, 0) is 9.53 Å². The Morgan fingerprint density at radius 1 is 1.77 bits per heavy atom. The fraction of sp³-hybridized carbons (Fsp3) is 0.778. The van der Waals surface area contributed by atoms with Crippen molar-refractivity contribution >= 4 is 11.7 Å². The summed E-state index contributed by atoms with van der Waals surface area (Å²) in [5.74, 6) is 0.0327. The normalized spacial score (nSPS) is 20.4. The SMILES string of the molecule is CCC[C@](C)(N)C(=O)C1=NCCO1. The molecule has 1 aliphatic heterocycles. The van der Waals surface area contributed by atoms with Crippen LogP contribution >= 0.6 is 0 Å².